The lowest BCUT2D eigenvalue weighted by Crippen LogP contribution is -2.07. The van der Waals surface area contributed by atoms with E-state index in [0.717, 1.165) is 18.2 Å². The van der Waals surface area contributed by atoms with Gasteiger partial charge in [-0.2, -0.15) is 13.2 Å². The van der Waals surface area contributed by atoms with Crippen LogP contribution in [0.3, 0.4) is 0 Å². The van der Waals surface area contributed by atoms with E-state index in [1.54, 1.807) is 6.92 Å². The van der Waals surface area contributed by atoms with Crippen molar-refractivity contribution < 1.29 is 22.4 Å². The monoisotopic (exact) mass is 255 g/mol. The zero-order valence-corrected chi connectivity index (χ0v) is 9.28. The summed E-state index contributed by atoms with van der Waals surface area (Å²) in [6.07, 6.45) is -2.80. The third-order valence-electron chi connectivity index (χ3n) is 2.33. The van der Waals surface area contributed by atoms with Crippen LogP contribution in [0.2, 0.25) is 0 Å². The van der Waals surface area contributed by atoms with Gasteiger partial charge in [-0.25, -0.2) is 4.98 Å². The highest BCUT2D eigenvalue weighted by Gasteiger charge is 2.34. The third kappa shape index (κ3) is 2.27. The van der Waals surface area contributed by atoms with Crippen LogP contribution < -0.4 is 0 Å². The number of benzene rings is 1. The first kappa shape index (κ1) is 12.3. The van der Waals surface area contributed by atoms with E-state index in [1.165, 1.54) is 6.26 Å². The van der Waals surface area contributed by atoms with Crippen LogP contribution in [0.15, 0.2) is 28.9 Å². The molecule has 0 saturated carbocycles. The fraction of sp³-hybridized carbons (Fsp3) is 0.167. The third-order valence-corrected chi connectivity index (χ3v) is 2.33. The van der Waals surface area contributed by atoms with Crippen molar-refractivity contribution in [1.82, 2.24) is 4.98 Å². The van der Waals surface area contributed by atoms with Crippen LogP contribution in [0, 0.1) is 6.92 Å². The Morgan fingerprint density at radius 3 is 2.56 bits per heavy atom. The number of oxazole rings is 1. The molecule has 6 heteroatoms. The summed E-state index contributed by atoms with van der Waals surface area (Å²) in [5.74, 6) is -0.150. The molecule has 0 unspecified atom stereocenters. The van der Waals surface area contributed by atoms with Gasteiger partial charge in [0, 0.05) is 5.56 Å². The second-order valence-corrected chi connectivity index (χ2v) is 3.71. The van der Waals surface area contributed by atoms with Crippen molar-refractivity contribution in [3.8, 4) is 11.5 Å². The molecule has 2 rings (SSSR count). The van der Waals surface area contributed by atoms with E-state index in [2.05, 4.69) is 4.98 Å². The minimum atomic E-state index is -4.53. The highest BCUT2D eigenvalue weighted by molar-refractivity contribution is 5.78. The van der Waals surface area contributed by atoms with E-state index in [1.807, 2.05) is 0 Å². The van der Waals surface area contributed by atoms with Gasteiger partial charge in [0.1, 0.15) is 12.5 Å². The minimum absolute atomic E-state index is 0.133. The summed E-state index contributed by atoms with van der Waals surface area (Å²) >= 11 is 0. The van der Waals surface area contributed by atoms with E-state index in [4.69, 9.17) is 4.42 Å². The molecular weight excluding hydrogens is 247 g/mol. The molecule has 0 fully saturated rings. The van der Waals surface area contributed by atoms with Gasteiger partial charge in [-0.3, -0.25) is 4.79 Å². The van der Waals surface area contributed by atoms with Crippen LogP contribution in [0.5, 0.6) is 0 Å². The van der Waals surface area contributed by atoms with E-state index < -0.39 is 11.7 Å². The lowest BCUT2D eigenvalue weighted by atomic mass is 10.0. The molecule has 0 bridgehead atoms. The molecule has 0 aliphatic heterocycles. The zero-order chi connectivity index (χ0) is 13.3. The highest BCUT2D eigenvalue weighted by atomic mass is 19.4. The molecule has 18 heavy (non-hydrogen) atoms. The fourth-order valence-corrected chi connectivity index (χ4v) is 1.54. The lowest BCUT2D eigenvalue weighted by molar-refractivity contribution is -0.137. The summed E-state index contributed by atoms with van der Waals surface area (Å²) < 4.78 is 43.4. The number of aldehydes is 1. The summed E-state index contributed by atoms with van der Waals surface area (Å²) in [5.41, 5.74) is -0.515. The first-order valence-corrected chi connectivity index (χ1v) is 5.01. The number of carbonyl (C=O) groups is 1. The van der Waals surface area contributed by atoms with Crippen LogP contribution in [0.4, 0.5) is 13.2 Å². The van der Waals surface area contributed by atoms with Gasteiger partial charge in [-0.1, -0.05) is 6.07 Å². The Labute approximate surface area is 100 Å². The molecule has 2 aromatic rings. The number of aromatic nitrogens is 1. The summed E-state index contributed by atoms with van der Waals surface area (Å²) in [5, 5.41) is 0. The van der Waals surface area contributed by atoms with Crippen LogP contribution in [-0.4, -0.2) is 11.3 Å². The molecule has 94 valence electrons. The SMILES string of the molecule is Cc1coc(-c2cc(C=O)ccc2C(F)(F)F)n1. The van der Waals surface area contributed by atoms with Crippen LogP contribution in [0.1, 0.15) is 21.6 Å². The molecule has 0 radical (unpaired) electrons. The van der Waals surface area contributed by atoms with Crippen LogP contribution in [-0.2, 0) is 6.18 Å². The second kappa shape index (κ2) is 4.29. The maximum Gasteiger partial charge on any atom is 0.417 e. The molecule has 0 amide bonds. The molecule has 0 saturated heterocycles. The van der Waals surface area contributed by atoms with Gasteiger partial charge in [0.15, 0.2) is 0 Å². The number of carbonyl (C=O) groups excluding carboxylic acids is 1. The van der Waals surface area contributed by atoms with E-state index in [-0.39, 0.29) is 17.0 Å². The van der Waals surface area contributed by atoms with Crippen LogP contribution in [0.25, 0.3) is 11.5 Å². The Morgan fingerprint density at radius 1 is 1.33 bits per heavy atom. The summed E-state index contributed by atoms with van der Waals surface area (Å²) in [4.78, 5) is 14.5. The number of halogens is 3. The molecule has 1 heterocycles. The van der Waals surface area contributed by atoms with Crippen molar-refractivity contribution in [2.45, 2.75) is 13.1 Å². The van der Waals surface area contributed by atoms with Crippen molar-refractivity contribution in [2.75, 3.05) is 0 Å². The molecule has 1 aromatic carbocycles. The predicted molar refractivity (Wildman–Crippen MR) is 57.1 cm³/mol. The highest BCUT2D eigenvalue weighted by Crippen LogP contribution is 2.37. The van der Waals surface area contributed by atoms with E-state index >= 15 is 0 Å². The van der Waals surface area contributed by atoms with Gasteiger partial charge in [0.05, 0.1) is 16.8 Å². The van der Waals surface area contributed by atoms with Crippen molar-refractivity contribution in [3.05, 3.63) is 41.3 Å². The average Bonchev–Trinajstić information content (AvgIpc) is 2.74. The standard InChI is InChI=1S/C12H8F3NO2/c1-7-6-18-11(16-7)9-4-8(5-17)2-3-10(9)12(13,14)15/h2-6H,1H3. The Morgan fingerprint density at radius 2 is 2.06 bits per heavy atom. The zero-order valence-electron chi connectivity index (χ0n) is 9.28. The fourth-order valence-electron chi connectivity index (χ4n) is 1.54. The maximum absolute atomic E-state index is 12.8. The first-order chi connectivity index (χ1) is 8.41. The predicted octanol–water partition coefficient (Wildman–Crippen LogP) is 3.48. The Hall–Kier alpha value is -2.11. The van der Waals surface area contributed by atoms with Gasteiger partial charge in [-0.15, -0.1) is 0 Å². The average molecular weight is 255 g/mol. The number of rotatable bonds is 2. The lowest BCUT2D eigenvalue weighted by Gasteiger charge is -2.10. The normalized spacial score (nSPS) is 11.6. The molecule has 3 nitrogen and oxygen atoms in total. The number of hydrogen-bond acceptors (Lipinski definition) is 3. The summed E-state index contributed by atoms with van der Waals surface area (Å²) in [6.45, 7) is 1.60. The molecule has 1 aromatic heterocycles. The quantitative estimate of drug-likeness (QED) is 0.771. The Kier molecular flexibility index (Phi) is 2.94. The first-order valence-electron chi connectivity index (χ1n) is 5.01. The summed E-state index contributed by atoms with van der Waals surface area (Å²) in [7, 11) is 0. The van der Waals surface area contributed by atoms with Crippen molar-refractivity contribution in [1.29, 1.82) is 0 Å². The summed E-state index contributed by atoms with van der Waals surface area (Å²) in [6, 6.07) is 3.06. The second-order valence-electron chi connectivity index (χ2n) is 3.71. The van der Waals surface area contributed by atoms with Crippen molar-refractivity contribution in [3.63, 3.8) is 0 Å². The van der Waals surface area contributed by atoms with E-state index in [0.29, 0.717) is 12.0 Å². The van der Waals surface area contributed by atoms with Gasteiger partial charge >= 0.3 is 6.18 Å². The molecule has 0 N–H and O–H groups in total. The number of hydrogen-bond donors (Lipinski definition) is 0. The topological polar surface area (TPSA) is 43.1 Å². The Bertz CT molecular complexity index is 587. The van der Waals surface area contributed by atoms with Gasteiger partial charge in [0.25, 0.3) is 0 Å². The van der Waals surface area contributed by atoms with Gasteiger partial charge in [0.2, 0.25) is 5.89 Å². The van der Waals surface area contributed by atoms with Crippen molar-refractivity contribution >= 4 is 6.29 Å². The molecule has 0 spiro atoms. The molecular formula is C12H8F3NO2. The van der Waals surface area contributed by atoms with Gasteiger partial charge < -0.3 is 4.42 Å². The molecule has 0 aliphatic rings. The van der Waals surface area contributed by atoms with E-state index in [9.17, 15) is 18.0 Å². The maximum atomic E-state index is 12.8. The number of nitrogens with zero attached hydrogens (tertiary/aromatic N) is 1. The molecule has 0 atom stereocenters. The Balaban J connectivity index is 2.65. The van der Waals surface area contributed by atoms with Crippen molar-refractivity contribution in [2.24, 2.45) is 0 Å². The smallest absolute Gasteiger partial charge is 0.417 e. The van der Waals surface area contributed by atoms with Gasteiger partial charge in [-0.05, 0) is 19.1 Å². The minimum Gasteiger partial charge on any atom is -0.444 e. The number of alkyl halides is 3. The largest absolute Gasteiger partial charge is 0.444 e. The van der Waals surface area contributed by atoms with Crippen LogP contribution >= 0.6 is 0 Å². The number of aryl methyl sites for hydroxylation is 1. The molecule has 0 aliphatic carbocycles.